The summed E-state index contributed by atoms with van der Waals surface area (Å²) in [6, 6.07) is 8.68. The smallest absolute Gasteiger partial charge is 0.250 e. The van der Waals surface area contributed by atoms with Crippen LogP contribution in [0, 0.1) is 25.5 Å². The topological polar surface area (TPSA) is 82.8 Å². The summed E-state index contributed by atoms with van der Waals surface area (Å²) in [4.78, 5) is 28.2. The van der Waals surface area contributed by atoms with Crippen LogP contribution in [0.3, 0.4) is 0 Å². The molecule has 4 aromatic rings. The third kappa shape index (κ3) is 4.99. The summed E-state index contributed by atoms with van der Waals surface area (Å²) < 4.78 is 34.2. The lowest BCUT2D eigenvalue weighted by Crippen LogP contribution is -2.23. The van der Waals surface area contributed by atoms with Crippen LogP contribution in [0.15, 0.2) is 47.5 Å². The van der Waals surface area contributed by atoms with Gasteiger partial charge in [0.1, 0.15) is 29.2 Å². The van der Waals surface area contributed by atoms with Crippen molar-refractivity contribution in [3.63, 3.8) is 0 Å². The van der Waals surface area contributed by atoms with Gasteiger partial charge in [-0.25, -0.2) is 28.7 Å². The lowest BCUT2D eigenvalue weighted by molar-refractivity contribution is 0.0101. The highest BCUT2D eigenvalue weighted by molar-refractivity contribution is 5.86. The van der Waals surface area contributed by atoms with Crippen LogP contribution >= 0.6 is 0 Å². The van der Waals surface area contributed by atoms with Crippen molar-refractivity contribution in [2.45, 2.75) is 39.2 Å². The second-order valence-corrected chi connectivity index (χ2v) is 8.12. The molecule has 9 heteroatoms. The van der Waals surface area contributed by atoms with Crippen molar-refractivity contribution in [2.24, 2.45) is 7.05 Å². The minimum absolute atomic E-state index is 0.0386. The number of hydrogen-bond donors (Lipinski definition) is 0. The Morgan fingerprint density at radius 1 is 1.03 bits per heavy atom. The molecule has 7 nitrogen and oxygen atoms in total. The molecule has 0 radical (unpaired) electrons. The summed E-state index contributed by atoms with van der Waals surface area (Å²) in [6.45, 7) is 4.44. The summed E-state index contributed by atoms with van der Waals surface area (Å²) in [5, 5.41) is 0. The first-order valence-electron chi connectivity index (χ1n) is 11.0. The van der Waals surface area contributed by atoms with Crippen LogP contribution in [0.25, 0.3) is 22.4 Å². The molecule has 0 N–H and O–H groups in total. The van der Waals surface area contributed by atoms with Crippen LogP contribution in [0.2, 0.25) is 0 Å². The molecule has 176 valence electrons. The second-order valence-electron chi connectivity index (χ2n) is 8.12. The van der Waals surface area contributed by atoms with Crippen LogP contribution in [0.5, 0.6) is 0 Å². The molecule has 0 amide bonds. The zero-order chi connectivity index (χ0) is 24.2. The summed E-state index contributed by atoms with van der Waals surface area (Å²) in [5.41, 5.74) is 3.79. The lowest BCUT2D eigenvalue weighted by Gasteiger charge is -2.24. The number of benzene rings is 1. The Kier molecular flexibility index (Phi) is 7.02. The van der Waals surface area contributed by atoms with Crippen molar-refractivity contribution < 1.29 is 13.5 Å². The maximum atomic E-state index is 13.9. The molecule has 0 bridgehead atoms. The van der Waals surface area contributed by atoms with Gasteiger partial charge in [-0.15, -0.1) is 0 Å². The zero-order valence-electron chi connectivity index (χ0n) is 19.3. The second kappa shape index (κ2) is 10.1. The highest BCUT2D eigenvalue weighted by Crippen LogP contribution is 2.27. The first kappa shape index (κ1) is 23.6. The van der Waals surface area contributed by atoms with Gasteiger partial charge in [0.2, 0.25) is 0 Å². The van der Waals surface area contributed by atoms with Crippen molar-refractivity contribution in [3.8, 4) is 11.3 Å². The standard InChI is InChI=1S/C14H10F2N4.C11H15NO2/c1-7-8(2)20-14-13(19-7)12(17-6-18-14)10-4-3-9(15)5-11(10)16;1-12-9(5-4-7-11(12)13)10-6-2-3-8-14-10/h3-6H,1-2H3;4-5,7,10H,2-3,6,8H2,1H3. The average Bonchev–Trinajstić information content (AvgIpc) is 2.83. The predicted molar refractivity (Wildman–Crippen MR) is 124 cm³/mol. The molecular formula is C25H25F2N5O2. The third-order valence-electron chi connectivity index (χ3n) is 5.80. The van der Waals surface area contributed by atoms with Gasteiger partial charge >= 0.3 is 0 Å². The van der Waals surface area contributed by atoms with E-state index in [4.69, 9.17) is 4.74 Å². The Morgan fingerprint density at radius 3 is 2.56 bits per heavy atom. The first-order chi connectivity index (χ1) is 16.3. The number of fused-ring (bicyclic) bond motifs is 1. The van der Waals surface area contributed by atoms with Crippen LogP contribution < -0.4 is 5.56 Å². The van der Waals surface area contributed by atoms with Crippen LogP contribution in [0.1, 0.15) is 42.4 Å². The molecule has 1 aromatic carbocycles. The minimum atomic E-state index is -0.690. The van der Waals surface area contributed by atoms with E-state index < -0.39 is 11.6 Å². The molecule has 1 unspecified atom stereocenters. The molecule has 1 saturated heterocycles. The van der Waals surface area contributed by atoms with Gasteiger partial charge in [-0.1, -0.05) is 6.07 Å². The van der Waals surface area contributed by atoms with E-state index in [0.717, 1.165) is 42.6 Å². The highest BCUT2D eigenvalue weighted by Gasteiger charge is 2.18. The molecule has 1 aliphatic rings. The van der Waals surface area contributed by atoms with E-state index in [2.05, 4.69) is 19.9 Å². The molecule has 34 heavy (non-hydrogen) atoms. The Balaban J connectivity index is 0.000000172. The summed E-state index contributed by atoms with van der Waals surface area (Å²) in [7, 11) is 1.80. The van der Waals surface area contributed by atoms with E-state index in [1.54, 1.807) is 30.7 Å². The molecule has 5 rings (SSSR count). The number of rotatable bonds is 2. The van der Waals surface area contributed by atoms with Gasteiger partial charge in [0, 0.05) is 37.0 Å². The van der Waals surface area contributed by atoms with Crippen molar-refractivity contribution in [1.29, 1.82) is 0 Å². The third-order valence-corrected chi connectivity index (χ3v) is 5.80. The number of pyridine rings is 1. The van der Waals surface area contributed by atoms with Crippen molar-refractivity contribution >= 4 is 11.2 Å². The van der Waals surface area contributed by atoms with Gasteiger partial charge in [0.15, 0.2) is 5.65 Å². The van der Waals surface area contributed by atoms with E-state index in [-0.39, 0.29) is 17.2 Å². The molecule has 0 saturated carbocycles. The van der Waals surface area contributed by atoms with Gasteiger partial charge in [0.05, 0.1) is 17.5 Å². The average molecular weight is 466 g/mol. The van der Waals surface area contributed by atoms with E-state index in [9.17, 15) is 13.6 Å². The fraction of sp³-hybridized carbons (Fsp3) is 0.320. The molecule has 0 aliphatic carbocycles. The van der Waals surface area contributed by atoms with Crippen LogP contribution in [-0.2, 0) is 11.8 Å². The van der Waals surface area contributed by atoms with Crippen molar-refractivity contribution in [3.05, 3.63) is 81.8 Å². The quantitative estimate of drug-likeness (QED) is 0.430. The SMILES string of the molecule is Cc1nc2ncnc(-c3ccc(F)cc3F)c2nc1C.Cn1c(C2CCCCO2)cccc1=O. The highest BCUT2D eigenvalue weighted by atomic mass is 19.1. The maximum absolute atomic E-state index is 13.9. The zero-order valence-corrected chi connectivity index (χ0v) is 19.3. The van der Waals surface area contributed by atoms with Crippen molar-refractivity contribution in [1.82, 2.24) is 24.5 Å². The van der Waals surface area contributed by atoms with E-state index in [0.29, 0.717) is 16.9 Å². The van der Waals surface area contributed by atoms with Gasteiger partial charge < -0.3 is 9.30 Å². The minimum Gasteiger partial charge on any atom is -0.372 e. The van der Waals surface area contributed by atoms with Gasteiger partial charge in [-0.3, -0.25) is 4.79 Å². The number of nitrogens with zero attached hydrogens (tertiary/aromatic N) is 5. The number of hydrogen-bond acceptors (Lipinski definition) is 6. The number of halogens is 2. The molecule has 0 spiro atoms. The first-order valence-corrected chi connectivity index (χ1v) is 11.0. The van der Waals surface area contributed by atoms with Crippen LogP contribution in [-0.4, -0.2) is 31.1 Å². The molecular weight excluding hydrogens is 440 g/mol. The predicted octanol–water partition coefficient (Wildman–Crippen LogP) is 4.61. The van der Waals surface area contributed by atoms with Crippen molar-refractivity contribution in [2.75, 3.05) is 6.61 Å². The number of aromatic nitrogens is 5. The molecule has 4 heterocycles. The summed E-state index contributed by atoms with van der Waals surface area (Å²) >= 11 is 0. The lowest BCUT2D eigenvalue weighted by atomic mass is 10.1. The fourth-order valence-electron chi connectivity index (χ4n) is 3.80. The van der Waals surface area contributed by atoms with Crippen LogP contribution in [0.4, 0.5) is 8.78 Å². The molecule has 1 aliphatic heterocycles. The van der Waals surface area contributed by atoms with Gasteiger partial charge in [-0.2, -0.15) is 0 Å². The monoisotopic (exact) mass is 465 g/mol. The fourth-order valence-corrected chi connectivity index (χ4v) is 3.80. The number of ether oxygens (including phenoxy) is 1. The molecule has 3 aromatic heterocycles. The normalized spacial score (nSPS) is 15.6. The number of aryl methyl sites for hydroxylation is 2. The van der Waals surface area contributed by atoms with Gasteiger partial charge in [-0.05, 0) is 51.3 Å². The summed E-state index contributed by atoms with van der Waals surface area (Å²) in [6.07, 6.45) is 4.76. The molecule has 1 fully saturated rings. The van der Waals surface area contributed by atoms with E-state index in [1.807, 2.05) is 13.0 Å². The van der Waals surface area contributed by atoms with Gasteiger partial charge in [0.25, 0.3) is 5.56 Å². The molecule has 1 atom stereocenters. The Hall–Kier alpha value is -3.59. The summed E-state index contributed by atoms with van der Waals surface area (Å²) in [5.74, 6) is -1.33. The Labute approximate surface area is 195 Å². The largest absolute Gasteiger partial charge is 0.372 e. The van der Waals surface area contributed by atoms with E-state index >= 15 is 0 Å². The Bertz CT molecular complexity index is 1380. The Morgan fingerprint density at radius 2 is 1.82 bits per heavy atom. The maximum Gasteiger partial charge on any atom is 0.250 e. The van der Waals surface area contributed by atoms with E-state index in [1.165, 1.54) is 24.9 Å².